The van der Waals surface area contributed by atoms with Gasteiger partial charge in [-0.05, 0) is 26.3 Å². The Labute approximate surface area is 228 Å². The summed E-state index contributed by atoms with van der Waals surface area (Å²) < 4.78 is 9.99. The minimum atomic E-state index is -0.643. The number of methoxy groups -OCH3 is 1. The number of aromatic nitrogens is 2. The molecule has 1 atom stereocenters. The molecule has 0 saturated heterocycles. The van der Waals surface area contributed by atoms with Gasteiger partial charge in [0.1, 0.15) is 9.88 Å². The van der Waals surface area contributed by atoms with E-state index in [0.717, 1.165) is 33.9 Å². The standard InChI is InChI=1S/C28H27N3O5S2/c1-5-36-27(34)23-16(2)20(26(33)35-4)25(38-23)31-24(32)17(3)37-28-29-21(18-12-8-6-9-13-18)22(30-28)19-14-10-7-11-15-19/h6-15,17H,5H2,1-4H3,(H,29,30)(H,31,32). The maximum atomic E-state index is 13.2. The fourth-order valence-electron chi connectivity index (χ4n) is 3.80. The zero-order chi connectivity index (χ0) is 27.2. The first-order chi connectivity index (χ1) is 18.3. The molecular weight excluding hydrogens is 522 g/mol. The highest BCUT2D eigenvalue weighted by molar-refractivity contribution is 8.00. The fraction of sp³-hybridized carbons (Fsp3) is 0.214. The van der Waals surface area contributed by atoms with Crippen LogP contribution in [0, 0.1) is 6.92 Å². The normalized spacial score (nSPS) is 11.6. The van der Waals surface area contributed by atoms with Crippen molar-refractivity contribution in [3.63, 3.8) is 0 Å². The maximum Gasteiger partial charge on any atom is 0.348 e. The average molecular weight is 550 g/mol. The molecule has 196 valence electrons. The highest BCUT2D eigenvalue weighted by Gasteiger charge is 2.28. The van der Waals surface area contributed by atoms with E-state index in [0.29, 0.717) is 10.7 Å². The first kappa shape index (κ1) is 27.2. The van der Waals surface area contributed by atoms with Gasteiger partial charge in [-0.3, -0.25) is 4.79 Å². The Kier molecular flexibility index (Phi) is 8.65. The number of thioether (sulfide) groups is 1. The largest absolute Gasteiger partial charge is 0.465 e. The number of aromatic amines is 1. The average Bonchev–Trinajstić information content (AvgIpc) is 3.50. The van der Waals surface area contributed by atoms with Gasteiger partial charge < -0.3 is 19.8 Å². The second kappa shape index (κ2) is 12.1. The number of thiophene rings is 1. The number of anilines is 1. The number of imidazole rings is 1. The Bertz CT molecular complexity index is 1390. The van der Waals surface area contributed by atoms with Crippen molar-refractivity contribution in [2.75, 3.05) is 19.0 Å². The number of H-pyrrole nitrogens is 1. The SMILES string of the molecule is CCOC(=O)c1sc(NC(=O)C(C)Sc2nc(-c3ccccc3)c(-c3ccccc3)[nH]2)c(C(=O)OC)c1C. The van der Waals surface area contributed by atoms with Gasteiger partial charge >= 0.3 is 11.9 Å². The van der Waals surface area contributed by atoms with E-state index in [4.69, 9.17) is 14.5 Å². The predicted octanol–water partition coefficient (Wildman–Crippen LogP) is 6.20. The molecule has 1 amide bonds. The minimum Gasteiger partial charge on any atom is -0.465 e. The van der Waals surface area contributed by atoms with E-state index in [2.05, 4.69) is 10.3 Å². The van der Waals surface area contributed by atoms with Gasteiger partial charge in [0, 0.05) is 11.1 Å². The number of nitrogens with one attached hydrogen (secondary N) is 2. The summed E-state index contributed by atoms with van der Waals surface area (Å²) in [7, 11) is 1.25. The second-order valence-electron chi connectivity index (χ2n) is 8.22. The number of carbonyl (C=O) groups is 3. The number of hydrogen-bond donors (Lipinski definition) is 2. The van der Waals surface area contributed by atoms with Crippen LogP contribution in [0.2, 0.25) is 0 Å². The van der Waals surface area contributed by atoms with Crippen molar-refractivity contribution in [2.45, 2.75) is 31.2 Å². The molecule has 0 aliphatic carbocycles. The van der Waals surface area contributed by atoms with Crippen LogP contribution in [0.1, 0.15) is 39.4 Å². The molecule has 0 aliphatic heterocycles. The molecule has 0 saturated carbocycles. The summed E-state index contributed by atoms with van der Waals surface area (Å²) in [6.07, 6.45) is 0. The number of rotatable bonds is 9. The summed E-state index contributed by atoms with van der Waals surface area (Å²) in [5.41, 5.74) is 4.12. The molecule has 2 aromatic carbocycles. The topological polar surface area (TPSA) is 110 Å². The lowest BCUT2D eigenvalue weighted by Crippen LogP contribution is -2.23. The lowest BCUT2D eigenvalue weighted by molar-refractivity contribution is -0.115. The number of hydrogen-bond acceptors (Lipinski definition) is 8. The Morgan fingerprint density at radius 1 is 1.03 bits per heavy atom. The molecule has 4 rings (SSSR count). The first-order valence-electron chi connectivity index (χ1n) is 11.9. The van der Waals surface area contributed by atoms with Gasteiger partial charge in [-0.15, -0.1) is 11.3 Å². The van der Waals surface area contributed by atoms with Gasteiger partial charge in [-0.25, -0.2) is 14.6 Å². The van der Waals surface area contributed by atoms with Crippen LogP contribution in [-0.2, 0) is 14.3 Å². The van der Waals surface area contributed by atoms with Crippen molar-refractivity contribution >= 4 is 45.9 Å². The molecule has 38 heavy (non-hydrogen) atoms. The smallest absolute Gasteiger partial charge is 0.348 e. The second-order valence-corrected chi connectivity index (χ2v) is 10.6. The van der Waals surface area contributed by atoms with Gasteiger partial charge in [0.2, 0.25) is 5.91 Å². The van der Waals surface area contributed by atoms with Gasteiger partial charge in [-0.2, -0.15) is 0 Å². The molecule has 8 nitrogen and oxygen atoms in total. The van der Waals surface area contributed by atoms with Crippen molar-refractivity contribution in [1.82, 2.24) is 9.97 Å². The highest BCUT2D eigenvalue weighted by Crippen LogP contribution is 2.36. The molecule has 10 heteroatoms. The van der Waals surface area contributed by atoms with Crippen LogP contribution >= 0.6 is 23.1 Å². The third-order valence-corrected chi connectivity index (χ3v) is 7.85. The predicted molar refractivity (Wildman–Crippen MR) is 150 cm³/mol. The number of ether oxygens (including phenoxy) is 2. The van der Waals surface area contributed by atoms with Crippen LogP contribution in [0.4, 0.5) is 5.00 Å². The molecular formula is C28H27N3O5S2. The third kappa shape index (κ3) is 5.81. The van der Waals surface area contributed by atoms with Crippen LogP contribution in [0.5, 0.6) is 0 Å². The number of esters is 2. The van der Waals surface area contributed by atoms with Crippen LogP contribution < -0.4 is 5.32 Å². The molecule has 0 spiro atoms. The Balaban J connectivity index is 1.60. The van der Waals surface area contributed by atoms with Gasteiger partial charge in [0.15, 0.2) is 5.16 Å². The Morgan fingerprint density at radius 3 is 2.26 bits per heavy atom. The van der Waals surface area contributed by atoms with E-state index < -0.39 is 17.2 Å². The lowest BCUT2D eigenvalue weighted by Gasteiger charge is -2.10. The van der Waals surface area contributed by atoms with Crippen LogP contribution in [-0.4, -0.2) is 46.8 Å². The Hall–Kier alpha value is -3.89. The third-order valence-electron chi connectivity index (χ3n) is 5.68. The molecule has 1 unspecified atom stereocenters. The van der Waals surface area contributed by atoms with Crippen molar-refractivity contribution in [1.29, 1.82) is 0 Å². The molecule has 4 aromatic rings. The summed E-state index contributed by atoms with van der Waals surface area (Å²) in [4.78, 5) is 46.4. The van der Waals surface area contributed by atoms with E-state index in [9.17, 15) is 14.4 Å². The lowest BCUT2D eigenvalue weighted by atomic mass is 10.1. The summed E-state index contributed by atoms with van der Waals surface area (Å²) >= 11 is 2.25. The molecule has 0 aliphatic rings. The van der Waals surface area contributed by atoms with Crippen molar-refractivity contribution in [3.05, 3.63) is 76.7 Å². The number of carbonyl (C=O) groups excluding carboxylic acids is 3. The quantitative estimate of drug-likeness (QED) is 0.189. The summed E-state index contributed by atoms with van der Waals surface area (Å²) in [6.45, 7) is 5.27. The molecule has 0 radical (unpaired) electrons. The molecule has 0 bridgehead atoms. The van der Waals surface area contributed by atoms with Gasteiger partial charge in [-0.1, -0.05) is 72.4 Å². The minimum absolute atomic E-state index is 0.141. The van der Waals surface area contributed by atoms with Crippen molar-refractivity contribution in [3.8, 4) is 22.5 Å². The molecule has 2 heterocycles. The summed E-state index contributed by atoms with van der Waals surface area (Å²) in [5, 5.41) is 3.04. The fourth-order valence-corrected chi connectivity index (χ4v) is 5.70. The van der Waals surface area contributed by atoms with E-state index in [1.807, 2.05) is 60.7 Å². The first-order valence-corrected chi connectivity index (χ1v) is 13.6. The van der Waals surface area contributed by atoms with E-state index in [1.54, 1.807) is 20.8 Å². The van der Waals surface area contributed by atoms with Crippen LogP contribution in [0.25, 0.3) is 22.5 Å². The number of amides is 1. The van der Waals surface area contributed by atoms with E-state index in [-0.39, 0.29) is 28.0 Å². The van der Waals surface area contributed by atoms with Gasteiger partial charge in [0.05, 0.1) is 35.9 Å². The van der Waals surface area contributed by atoms with E-state index in [1.165, 1.54) is 18.9 Å². The van der Waals surface area contributed by atoms with Gasteiger partial charge in [0.25, 0.3) is 0 Å². The zero-order valence-corrected chi connectivity index (χ0v) is 23.0. The molecule has 0 fully saturated rings. The highest BCUT2D eigenvalue weighted by atomic mass is 32.2. The maximum absolute atomic E-state index is 13.2. The number of nitrogens with zero attached hydrogens (tertiary/aromatic N) is 1. The monoisotopic (exact) mass is 549 g/mol. The van der Waals surface area contributed by atoms with Crippen molar-refractivity contribution in [2.24, 2.45) is 0 Å². The van der Waals surface area contributed by atoms with Crippen molar-refractivity contribution < 1.29 is 23.9 Å². The summed E-state index contributed by atoms with van der Waals surface area (Å²) in [5.74, 6) is -1.55. The Morgan fingerprint density at radius 2 is 1.66 bits per heavy atom. The zero-order valence-electron chi connectivity index (χ0n) is 21.4. The summed E-state index contributed by atoms with van der Waals surface area (Å²) in [6, 6.07) is 19.7. The van der Waals surface area contributed by atoms with Crippen LogP contribution in [0.3, 0.4) is 0 Å². The molecule has 2 N–H and O–H groups in total. The molecule has 2 aromatic heterocycles. The van der Waals surface area contributed by atoms with Crippen LogP contribution in [0.15, 0.2) is 65.8 Å². The van der Waals surface area contributed by atoms with E-state index >= 15 is 0 Å². The number of benzene rings is 2.